The molecule has 0 amide bonds. The normalized spacial score (nSPS) is 10.3. The van der Waals surface area contributed by atoms with Crippen LogP contribution in [-0.4, -0.2) is 22.6 Å². The largest absolute Gasteiger partial charge is 0.469 e. The van der Waals surface area contributed by atoms with Crippen molar-refractivity contribution in [3.05, 3.63) is 53.9 Å². The summed E-state index contributed by atoms with van der Waals surface area (Å²) in [6, 6.07) is 7.50. The number of halogens is 1. The number of ether oxygens (including phenoxy) is 1. The maximum Gasteiger partial charge on any atom is 0.309 e. The lowest BCUT2D eigenvalue weighted by Gasteiger charge is -2.08. The van der Waals surface area contributed by atoms with Gasteiger partial charge in [0, 0.05) is 6.54 Å². The number of hydrogen-bond donors (Lipinski definition) is 0. The maximum absolute atomic E-state index is 12.8. The number of benzene rings is 1. The third kappa shape index (κ3) is 2.94. The van der Waals surface area contributed by atoms with Crippen LogP contribution in [0, 0.1) is 5.95 Å². The molecule has 0 unspecified atom stereocenters. The van der Waals surface area contributed by atoms with Crippen LogP contribution < -0.4 is 0 Å². The summed E-state index contributed by atoms with van der Waals surface area (Å²) < 4.78 is 19.1. The van der Waals surface area contributed by atoms with Crippen molar-refractivity contribution in [3.63, 3.8) is 0 Å². The van der Waals surface area contributed by atoms with Crippen molar-refractivity contribution >= 4 is 5.97 Å². The summed E-state index contributed by atoms with van der Waals surface area (Å²) >= 11 is 0. The fourth-order valence-corrected chi connectivity index (χ4v) is 1.73. The molecule has 1 heterocycles. The highest BCUT2D eigenvalue weighted by molar-refractivity contribution is 5.72. The van der Waals surface area contributed by atoms with E-state index in [-0.39, 0.29) is 12.4 Å². The van der Waals surface area contributed by atoms with E-state index in [0.29, 0.717) is 6.54 Å². The Bertz CT molecular complexity index is 551. The van der Waals surface area contributed by atoms with E-state index in [1.807, 2.05) is 24.3 Å². The van der Waals surface area contributed by atoms with Gasteiger partial charge in [0.05, 0.1) is 26.1 Å². The fourth-order valence-electron chi connectivity index (χ4n) is 1.73. The number of imidazole rings is 1. The molecule has 0 bridgehead atoms. The first-order valence-corrected chi connectivity index (χ1v) is 5.50. The predicted octanol–water partition coefficient (Wildman–Crippen LogP) is 1.79. The summed E-state index contributed by atoms with van der Waals surface area (Å²) in [5.74, 6) is -0.806. The molecule has 0 aliphatic carbocycles. The Balaban J connectivity index is 2.19. The molecule has 0 saturated heterocycles. The van der Waals surface area contributed by atoms with Crippen LogP contribution in [0.1, 0.15) is 11.1 Å². The number of hydrogen-bond acceptors (Lipinski definition) is 3. The number of methoxy groups -OCH3 is 1. The van der Waals surface area contributed by atoms with Crippen LogP contribution >= 0.6 is 0 Å². The van der Waals surface area contributed by atoms with Crippen molar-refractivity contribution in [1.82, 2.24) is 9.55 Å². The number of carbonyl (C=O) groups is 1. The molecule has 0 radical (unpaired) electrons. The zero-order valence-electron chi connectivity index (χ0n) is 9.97. The van der Waals surface area contributed by atoms with Gasteiger partial charge in [-0.05, 0) is 11.1 Å². The molecular formula is C13H13FN2O2. The first-order chi connectivity index (χ1) is 8.69. The van der Waals surface area contributed by atoms with Crippen molar-refractivity contribution in [3.8, 4) is 0 Å². The van der Waals surface area contributed by atoms with Gasteiger partial charge in [0.1, 0.15) is 0 Å². The topological polar surface area (TPSA) is 44.1 Å². The van der Waals surface area contributed by atoms with Gasteiger partial charge in [0.15, 0.2) is 0 Å². The van der Waals surface area contributed by atoms with Gasteiger partial charge in [-0.15, -0.1) is 0 Å². The van der Waals surface area contributed by atoms with Gasteiger partial charge < -0.3 is 9.30 Å². The average molecular weight is 248 g/mol. The zero-order chi connectivity index (χ0) is 13.0. The lowest BCUT2D eigenvalue weighted by Crippen LogP contribution is -2.08. The van der Waals surface area contributed by atoms with Crippen LogP contribution in [0.25, 0.3) is 0 Å². The van der Waals surface area contributed by atoms with Gasteiger partial charge in [-0.25, -0.2) is 4.98 Å². The highest BCUT2D eigenvalue weighted by Gasteiger charge is 2.08. The molecule has 4 nitrogen and oxygen atoms in total. The molecular weight excluding hydrogens is 235 g/mol. The van der Waals surface area contributed by atoms with Gasteiger partial charge in [0.25, 0.3) is 0 Å². The number of carbonyl (C=O) groups excluding carboxylic acids is 1. The van der Waals surface area contributed by atoms with E-state index >= 15 is 0 Å². The van der Waals surface area contributed by atoms with E-state index in [9.17, 15) is 9.18 Å². The highest BCUT2D eigenvalue weighted by atomic mass is 19.1. The standard InChI is InChI=1S/C13H13FN2O2/c1-18-13(17)6-10-4-2-3-5-11(10)7-16-8-12(14)15-9-16/h2-5,8-9H,6-7H2,1H3. The minimum Gasteiger partial charge on any atom is -0.469 e. The predicted molar refractivity (Wildman–Crippen MR) is 63.4 cm³/mol. The minimum absolute atomic E-state index is 0.212. The van der Waals surface area contributed by atoms with E-state index in [1.54, 1.807) is 4.57 Å². The van der Waals surface area contributed by atoms with Crippen molar-refractivity contribution in [2.24, 2.45) is 0 Å². The van der Waals surface area contributed by atoms with E-state index in [4.69, 9.17) is 0 Å². The maximum atomic E-state index is 12.8. The van der Waals surface area contributed by atoms with Crippen molar-refractivity contribution < 1.29 is 13.9 Å². The zero-order valence-corrected chi connectivity index (χ0v) is 9.97. The molecule has 94 valence electrons. The lowest BCUT2D eigenvalue weighted by molar-refractivity contribution is -0.139. The summed E-state index contributed by atoms with van der Waals surface area (Å²) in [5, 5.41) is 0. The van der Waals surface area contributed by atoms with Gasteiger partial charge in [-0.3, -0.25) is 4.79 Å². The Morgan fingerprint density at radius 3 is 2.72 bits per heavy atom. The van der Waals surface area contributed by atoms with Crippen molar-refractivity contribution in [1.29, 1.82) is 0 Å². The molecule has 0 N–H and O–H groups in total. The van der Waals surface area contributed by atoms with E-state index in [1.165, 1.54) is 19.6 Å². The molecule has 2 aromatic rings. The molecule has 0 spiro atoms. The molecule has 0 saturated carbocycles. The number of rotatable bonds is 4. The Morgan fingerprint density at radius 2 is 2.11 bits per heavy atom. The van der Waals surface area contributed by atoms with Crippen molar-refractivity contribution in [2.75, 3.05) is 7.11 Å². The third-order valence-electron chi connectivity index (χ3n) is 2.64. The molecule has 0 aliphatic rings. The molecule has 0 atom stereocenters. The second-order valence-electron chi connectivity index (χ2n) is 3.89. The van der Waals surface area contributed by atoms with E-state index in [0.717, 1.165) is 11.1 Å². The summed E-state index contributed by atoms with van der Waals surface area (Å²) in [6.45, 7) is 0.476. The quantitative estimate of drug-likeness (QED) is 0.775. The number of aromatic nitrogens is 2. The van der Waals surface area contributed by atoms with Crippen LogP contribution in [0.2, 0.25) is 0 Å². The smallest absolute Gasteiger partial charge is 0.309 e. The van der Waals surface area contributed by atoms with Crippen LogP contribution in [0.3, 0.4) is 0 Å². The Labute approximate surface area is 104 Å². The second-order valence-corrected chi connectivity index (χ2v) is 3.89. The Kier molecular flexibility index (Phi) is 3.72. The minimum atomic E-state index is -0.513. The molecule has 0 aliphatic heterocycles. The number of esters is 1. The van der Waals surface area contributed by atoms with Crippen molar-refractivity contribution in [2.45, 2.75) is 13.0 Å². The molecule has 1 aromatic carbocycles. The third-order valence-corrected chi connectivity index (χ3v) is 2.64. The molecule has 5 heteroatoms. The van der Waals surface area contributed by atoms with E-state index < -0.39 is 5.95 Å². The molecule has 18 heavy (non-hydrogen) atoms. The Morgan fingerprint density at radius 1 is 1.39 bits per heavy atom. The van der Waals surface area contributed by atoms with E-state index in [2.05, 4.69) is 9.72 Å². The first-order valence-electron chi connectivity index (χ1n) is 5.50. The van der Waals surface area contributed by atoms with Gasteiger partial charge in [0.2, 0.25) is 5.95 Å². The van der Waals surface area contributed by atoms with Crippen LogP contribution in [0.15, 0.2) is 36.8 Å². The average Bonchev–Trinajstić information content (AvgIpc) is 2.77. The summed E-state index contributed by atoms with van der Waals surface area (Å²) in [7, 11) is 1.36. The summed E-state index contributed by atoms with van der Waals surface area (Å²) in [6.07, 6.45) is 2.95. The van der Waals surface area contributed by atoms with Crippen LogP contribution in [0.4, 0.5) is 4.39 Å². The molecule has 0 fully saturated rings. The Hall–Kier alpha value is -2.17. The first kappa shape index (κ1) is 12.3. The van der Waals surface area contributed by atoms with Crippen LogP contribution in [-0.2, 0) is 22.5 Å². The lowest BCUT2D eigenvalue weighted by atomic mass is 10.0. The highest BCUT2D eigenvalue weighted by Crippen LogP contribution is 2.12. The second kappa shape index (κ2) is 5.44. The number of nitrogens with zero attached hydrogens (tertiary/aromatic N) is 2. The SMILES string of the molecule is COC(=O)Cc1ccccc1Cn1cnc(F)c1. The van der Waals surface area contributed by atoms with Gasteiger partial charge >= 0.3 is 5.97 Å². The van der Waals surface area contributed by atoms with Gasteiger partial charge in [-0.1, -0.05) is 24.3 Å². The summed E-state index contributed by atoms with van der Waals surface area (Å²) in [4.78, 5) is 14.8. The van der Waals surface area contributed by atoms with Gasteiger partial charge in [-0.2, -0.15) is 4.39 Å². The summed E-state index contributed by atoms with van der Waals surface area (Å²) in [5.41, 5.74) is 1.82. The monoisotopic (exact) mass is 248 g/mol. The molecule has 2 rings (SSSR count). The fraction of sp³-hybridized carbons (Fsp3) is 0.231. The molecule has 1 aromatic heterocycles. The van der Waals surface area contributed by atoms with Crippen LogP contribution in [0.5, 0.6) is 0 Å².